The standard InChI is InChI=1S/C12H13FO/c13-11-6-4-9(5-7-11)12-3-1-2-10(12)8-14/h4-8,10,12H,1-3H2. The van der Waals surface area contributed by atoms with Crippen LogP contribution >= 0.6 is 0 Å². The Bertz CT molecular complexity index is 318. The highest BCUT2D eigenvalue weighted by molar-refractivity contribution is 5.56. The van der Waals surface area contributed by atoms with Crippen LogP contribution in [-0.2, 0) is 4.79 Å². The average molecular weight is 192 g/mol. The van der Waals surface area contributed by atoms with Crippen LogP contribution in [0.5, 0.6) is 0 Å². The molecular formula is C12H13FO. The lowest BCUT2D eigenvalue weighted by Gasteiger charge is -2.14. The van der Waals surface area contributed by atoms with Gasteiger partial charge in [0.2, 0.25) is 0 Å². The third-order valence-electron chi connectivity index (χ3n) is 3.04. The van der Waals surface area contributed by atoms with E-state index in [4.69, 9.17) is 0 Å². The molecule has 2 rings (SSSR count). The van der Waals surface area contributed by atoms with Gasteiger partial charge in [0, 0.05) is 5.92 Å². The quantitative estimate of drug-likeness (QED) is 0.658. The monoisotopic (exact) mass is 192 g/mol. The average Bonchev–Trinajstić information content (AvgIpc) is 2.67. The second-order valence-corrected chi connectivity index (χ2v) is 3.89. The van der Waals surface area contributed by atoms with Crippen molar-refractivity contribution in [3.8, 4) is 0 Å². The summed E-state index contributed by atoms with van der Waals surface area (Å²) in [7, 11) is 0. The van der Waals surface area contributed by atoms with Gasteiger partial charge >= 0.3 is 0 Å². The molecule has 1 fully saturated rings. The normalized spacial score (nSPS) is 26.4. The fourth-order valence-electron chi connectivity index (χ4n) is 2.28. The van der Waals surface area contributed by atoms with E-state index in [9.17, 15) is 9.18 Å². The third kappa shape index (κ3) is 1.69. The van der Waals surface area contributed by atoms with Gasteiger partial charge in [0.05, 0.1) is 0 Å². The second-order valence-electron chi connectivity index (χ2n) is 3.89. The summed E-state index contributed by atoms with van der Waals surface area (Å²) in [5, 5.41) is 0. The van der Waals surface area contributed by atoms with Gasteiger partial charge in [0.1, 0.15) is 12.1 Å². The number of halogens is 1. The van der Waals surface area contributed by atoms with Crippen molar-refractivity contribution in [2.24, 2.45) is 5.92 Å². The van der Waals surface area contributed by atoms with Crippen molar-refractivity contribution in [3.05, 3.63) is 35.6 Å². The second kappa shape index (κ2) is 3.91. The molecule has 1 saturated carbocycles. The molecule has 2 atom stereocenters. The molecule has 1 aliphatic carbocycles. The maximum atomic E-state index is 12.7. The predicted octanol–water partition coefficient (Wildman–Crippen LogP) is 2.91. The molecule has 0 aromatic heterocycles. The van der Waals surface area contributed by atoms with E-state index >= 15 is 0 Å². The largest absolute Gasteiger partial charge is 0.303 e. The van der Waals surface area contributed by atoms with Gasteiger partial charge in [-0.3, -0.25) is 0 Å². The van der Waals surface area contributed by atoms with Crippen LogP contribution in [-0.4, -0.2) is 6.29 Å². The van der Waals surface area contributed by atoms with Gasteiger partial charge < -0.3 is 4.79 Å². The maximum Gasteiger partial charge on any atom is 0.123 e. The van der Waals surface area contributed by atoms with Crippen molar-refractivity contribution < 1.29 is 9.18 Å². The Kier molecular flexibility index (Phi) is 2.62. The minimum atomic E-state index is -0.214. The topological polar surface area (TPSA) is 17.1 Å². The molecule has 0 heterocycles. The first-order valence-electron chi connectivity index (χ1n) is 5.02. The highest BCUT2D eigenvalue weighted by Gasteiger charge is 2.27. The Balaban J connectivity index is 2.21. The van der Waals surface area contributed by atoms with Crippen LogP contribution < -0.4 is 0 Å². The highest BCUT2D eigenvalue weighted by Crippen LogP contribution is 2.38. The van der Waals surface area contributed by atoms with E-state index in [2.05, 4.69) is 0 Å². The molecule has 0 radical (unpaired) electrons. The predicted molar refractivity (Wildman–Crippen MR) is 52.5 cm³/mol. The smallest absolute Gasteiger partial charge is 0.123 e. The van der Waals surface area contributed by atoms with Crippen LogP contribution in [0.15, 0.2) is 24.3 Å². The van der Waals surface area contributed by atoms with Gasteiger partial charge in [-0.15, -0.1) is 0 Å². The van der Waals surface area contributed by atoms with Gasteiger partial charge in [0.25, 0.3) is 0 Å². The van der Waals surface area contributed by atoms with Gasteiger partial charge in [0.15, 0.2) is 0 Å². The number of rotatable bonds is 2. The van der Waals surface area contributed by atoms with Crippen LogP contribution in [0.1, 0.15) is 30.7 Å². The van der Waals surface area contributed by atoms with Crippen molar-refractivity contribution in [2.45, 2.75) is 25.2 Å². The minimum Gasteiger partial charge on any atom is -0.303 e. The van der Waals surface area contributed by atoms with Crippen LogP contribution in [0.3, 0.4) is 0 Å². The molecule has 74 valence electrons. The first-order valence-corrected chi connectivity index (χ1v) is 5.02. The summed E-state index contributed by atoms with van der Waals surface area (Å²) < 4.78 is 12.7. The summed E-state index contributed by atoms with van der Waals surface area (Å²) in [5.74, 6) is 0.239. The molecule has 0 bridgehead atoms. The van der Waals surface area contributed by atoms with Gasteiger partial charge in [-0.05, 0) is 36.5 Å². The van der Waals surface area contributed by atoms with Crippen molar-refractivity contribution >= 4 is 6.29 Å². The third-order valence-corrected chi connectivity index (χ3v) is 3.04. The number of aldehydes is 1. The number of carbonyl (C=O) groups is 1. The van der Waals surface area contributed by atoms with E-state index in [1.165, 1.54) is 12.1 Å². The summed E-state index contributed by atoms with van der Waals surface area (Å²) in [4.78, 5) is 10.8. The fraction of sp³-hybridized carbons (Fsp3) is 0.417. The maximum absolute atomic E-state index is 12.7. The van der Waals surface area contributed by atoms with E-state index in [0.717, 1.165) is 31.1 Å². The highest BCUT2D eigenvalue weighted by atomic mass is 19.1. The van der Waals surface area contributed by atoms with Crippen molar-refractivity contribution in [2.75, 3.05) is 0 Å². The molecule has 1 aromatic carbocycles. The Labute approximate surface area is 82.9 Å². The van der Waals surface area contributed by atoms with Crippen LogP contribution in [0.2, 0.25) is 0 Å². The first-order chi connectivity index (χ1) is 6.81. The van der Waals surface area contributed by atoms with E-state index < -0.39 is 0 Å². The van der Waals surface area contributed by atoms with Crippen molar-refractivity contribution in [1.82, 2.24) is 0 Å². The molecule has 0 amide bonds. The molecule has 1 aromatic rings. The van der Waals surface area contributed by atoms with Crippen LogP contribution in [0.4, 0.5) is 4.39 Å². The molecule has 14 heavy (non-hydrogen) atoms. The summed E-state index contributed by atoms with van der Waals surface area (Å²) in [5.41, 5.74) is 1.10. The molecule has 0 aliphatic heterocycles. The zero-order valence-corrected chi connectivity index (χ0v) is 7.95. The van der Waals surface area contributed by atoms with Gasteiger partial charge in [-0.2, -0.15) is 0 Å². The van der Waals surface area contributed by atoms with E-state index in [1.807, 2.05) is 0 Å². The summed E-state index contributed by atoms with van der Waals surface area (Å²) in [6.07, 6.45) is 4.17. The van der Waals surface area contributed by atoms with Gasteiger partial charge in [-0.1, -0.05) is 18.6 Å². The summed E-state index contributed by atoms with van der Waals surface area (Å²) in [6.45, 7) is 0. The summed E-state index contributed by atoms with van der Waals surface area (Å²) in [6, 6.07) is 6.52. The fourth-order valence-corrected chi connectivity index (χ4v) is 2.28. The molecular weight excluding hydrogens is 179 g/mol. The number of benzene rings is 1. The molecule has 1 aliphatic rings. The van der Waals surface area contributed by atoms with Crippen molar-refractivity contribution in [1.29, 1.82) is 0 Å². The van der Waals surface area contributed by atoms with E-state index in [1.54, 1.807) is 12.1 Å². The van der Waals surface area contributed by atoms with Crippen molar-refractivity contribution in [3.63, 3.8) is 0 Å². The SMILES string of the molecule is O=CC1CCCC1c1ccc(F)cc1. The Morgan fingerprint density at radius 1 is 1.21 bits per heavy atom. The molecule has 1 nitrogen and oxygen atoms in total. The molecule has 0 spiro atoms. The van der Waals surface area contributed by atoms with E-state index in [-0.39, 0.29) is 11.7 Å². The molecule has 2 unspecified atom stereocenters. The molecule has 0 saturated heterocycles. The Hall–Kier alpha value is -1.18. The lowest BCUT2D eigenvalue weighted by atomic mass is 9.90. The zero-order valence-electron chi connectivity index (χ0n) is 7.95. The number of carbonyl (C=O) groups excluding carboxylic acids is 1. The van der Waals surface area contributed by atoms with Crippen LogP contribution in [0, 0.1) is 11.7 Å². The minimum absolute atomic E-state index is 0.139. The van der Waals surface area contributed by atoms with Crippen LogP contribution in [0.25, 0.3) is 0 Å². The molecule has 2 heteroatoms. The number of hydrogen-bond donors (Lipinski definition) is 0. The Morgan fingerprint density at radius 2 is 1.93 bits per heavy atom. The molecule has 0 N–H and O–H groups in total. The summed E-state index contributed by atoms with van der Waals surface area (Å²) >= 11 is 0. The lowest BCUT2D eigenvalue weighted by molar-refractivity contribution is -0.111. The van der Waals surface area contributed by atoms with Gasteiger partial charge in [-0.25, -0.2) is 4.39 Å². The van der Waals surface area contributed by atoms with E-state index in [0.29, 0.717) is 5.92 Å². The zero-order chi connectivity index (χ0) is 9.97. The lowest BCUT2D eigenvalue weighted by Crippen LogP contribution is -2.07. The first kappa shape index (κ1) is 9.38. The number of hydrogen-bond acceptors (Lipinski definition) is 1. The Morgan fingerprint density at radius 3 is 2.57 bits per heavy atom.